The zero-order valence-corrected chi connectivity index (χ0v) is 18.8. The predicted octanol–water partition coefficient (Wildman–Crippen LogP) is 4.29. The van der Waals surface area contributed by atoms with E-state index in [4.69, 9.17) is 8.94 Å². The van der Waals surface area contributed by atoms with Crippen LogP contribution in [0.4, 0.5) is 0 Å². The topological polar surface area (TPSA) is 84.4 Å². The quantitative estimate of drug-likeness (QED) is 0.647. The van der Waals surface area contributed by atoms with Gasteiger partial charge >= 0.3 is 0 Å². The molecule has 3 aromatic rings. The summed E-state index contributed by atoms with van der Waals surface area (Å²) in [6.45, 7) is 8.23. The number of rotatable bonds is 5. The van der Waals surface area contributed by atoms with E-state index in [1.54, 1.807) is 0 Å². The number of nitrogens with zero attached hydrogens (tertiary/aromatic N) is 3. The molecule has 0 aromatic carbocycles. The van der Waals surface area contributed by atoms with Crippen LogP contribution in [0, 0.1) is 26.7 Å². The molecule has 3 aromatic heterocycles. The SMILES string of the molecule is CNCCC1CCN(C(=O)c2cc(-c3cc(C)oc3C)nc3onc(C)c23)CC1.Cl. The van der Waals surface area contributed by atoms with Gasteiger partial charge in [0.1, 0.15) is 11.5 Å². The fourth-order valence-electron chi connectivity index (χ4n) is 4.23. The van der Waals surface area contributed by atoms with Gasteiger partial charge in [0, 0.05) is 18.7 Å². The molecule has 0 aliphatic carbocycles. The summed E-state index contributed by atoms with van der Waals surface area (Å²) in [6, 6.07) is 3.80. The molecule has 1 aliphatic rings. The highest BCUT2D eigenvalue weighted by Gasteiger charge is 2.27. The third-order valence-corrected chi connectivity index (χ3v) is 5.87. The van der Waals surface area contributed by atoms with Gasteiger partial charge < -0.3 is 19.2 Å². The Bertz CT molecular complexity index is 1030. The zero-order valence-electron chi connectivity index (χ0n) is 17.9. The van der Waals surface area contributed by atoms with Crippen molar-refractivity contribution in [3.8, 4) is 11.3 Å². The molecule has 0 atom stereocenters. The van der Waals surface area contributed by atoms with Gasteiger partial charge in [0.25, 0.3) is 11.6 Å². The number of aryl methyl sites for hydroxylation is 3. The summed E-state index contributed by atoms with van der Waals surface area (Å²) >= 11 is 0. The highest BCUT2D eigenvalue weighted by Crippen LogP contribution is 2.32. The average Bonchev–Trinajstić information content (AvgIpc) is 3.27. The normalized spacial score (nSPS) is 14.9. The van der Waals surface area contributed by atoms with E-state index in [9.17, 15) is 4.79 Å². The molecule has 162 valence electrons. The van der Waals surface area contributed by atoms with E-state index in [0.717, 1.165) is 56.0 Å². The Kier molecular flexibility index (Phi) is 6.83. The molecule has 1 amide bonds. The molecule has 7 nitrogen and oxygen atoms in total. The maximum atomic E-state index is 13.5. The van der Waals surface area contributed by atoms with Crippen LogP contribution in [-0.4, -0.2) is 47.6 Å². The first-order valence-corrected chi connectivity index (χ1v) is 10.3. The van der Waals surface area contributed by atoms with Crippen molar-refractivity contribution in [3.63, 3.8) is 0 Å². The molecule has 0 spiro atoms. The highest BCUT2D eigenvalue weighted by atomic mass is 35.5. The second-order valence-electron chi connectivity index (χ2n) is 7.96. The number of piperidine rings is 1. The summed E-state index contributed by atoms with van der Waals surface area (Å²) in [5.41, 5.74) is 3.24. The Morgan fingerprint density at radius 1 is 1.23 bits per heavy atom. The Morgan fingerprint density at radius 2 is 1.97 bits per heavy atom. The molecule has 4 rings (SSSR count). The second kappa shape index (κ2) is 9.18. The molecular weight excluding hydrogens is 404 g/mol. The Labute approximate surface area is 182 Å². The third kappa shape index (κ3) is 4.23. The Morgan fingerprint density at radius 3 is 2.60 bits per heavy atom. The summed E-state index contributed by atoms with van der Waals surface area (Å²) in [5, 5.41) is 7.97. The van der Waals surface area contributed by atoms with Crippen LogP contribution >= 0.6 is 12.4 Å². The number of amides is 1. The van der Waals surface area contributed by atoms with Crippen molar-refractivity contribution in [2.75, 3.05) is 26.7 Å². The van der Waals surface area contributed by atoms with Crippen LogP contribution in [0.25, 0.3) is 22.4 Å². The van der Waals surface area contributed by atoms with Gasteiger partial charge in [-0.25, -0.2) is 4.98 Å². The van der Waals surface area contributed by atoms with Crippen molar-refractivity contribution in [2.24, 2.45) is 5.92 Å². The van der Waals surface area contributed by atoms with Crippen molar-refractivity contribution in [1.82, 2.24) is 20.4 Å². The standard InChI is InChI=1S/C22H28N4O3.ClH/c1-13-11-17(15(3)28-13)19-12-18(20-14(2)25-29-21(20)24-19)22(27)26-9-6-16(7-10-26)5-8-23-4;/h11-12,16,23H,5-10H2,1-4H3;1H. The Balaban J connectivity index is 0.00000256. The summed E-state index contributed by atoms with van der Waals surface area (Å²) in [7, 11) is 1.98. The lowest BCUT2D eigenvalue weighted by atomic mass is 9.93. The van der Waals surface area contributed by atoms with Crippen LogP contribution in [0.5, 0.6) is 0 Å². The molecular formula is C22H29ClN4O3. The van der Waals surface area contributed by atoms with Gasteiger partial charge in [-0.05, 0) is 71.7 Å². The number of likely N-dealkylation sites (tertiary alicyclic amines) is 1. The maximum absolute atomic E-state index is 13.5. The lowest BCUT2D eigenvalue weighted by Gasteiger charge is -2.32. The largest absolute Gasteiger partial charge is 0.466 e. The Hall–Kier alpha value is -2.38. The van der Waals surface area contributed by atoms with Crippen LogP contribution in [0.2, 0.25) is 0 Å². The molecule has 1 aliphatic heterocycles. The first kappa shape index (κ1) is 22.3. The number of halogens is 1. The lowest BCUT2D eigenvalue weighted by molar-refractivity contribution is 0.0689. The van der Waals surface area contributed by atoms with Gasteiger partial charge in [-0.2, -0.15) is 0 Å². The number of hydrogen-bond acceptors (Lipinski definition) is 6. The third-order valence-electron chi connectivity index (χ3n) is 5.87. The number of pyridine rings is 1. The van der Waals surface area contributed by atoms with E-state index in [2.05, 4.69) is 15.5 Å². The number of nitrogens with one attached hydrogen (secondary N) is 1. The number of carbonyl (C=O) groups is 1. The lowest BCUT2D eigenvalue weighted by Crippen LogP contribution is -2.39. The molecule has 0 bridgehead atoms. The van der Waals surface area contributed by atoms with Crippen LogP contribution in [0.15, 0.2) is 21.1 Å². The van der Waals surface area contributed by atoms with Gasteiger partial charge in [0.15, 0.2) is 0 Å². The summed E-state index contributed by atoms with van der Waals surface area (Å²) in [4.78, 5) is 20.0. The first-order chi connectivity index (χ1) is 14.0. The first-order valence-electron chi connectivity index (χ1n) is 10.3. The zero-order chi connectivity index (χ0) is 20.5. The molecule has 0 unspecified atom stereocenters. The molecule has 30 heavy (non-hydrogen) atoms. The maximum Gasteiger partial charge on any atom is 0.259 e. The minimum absolute atomic E-state index is 0. The highest BCUT2D eigenvalue weighted by molar-refractivity contribution is 6.07. The van der Waals surface area contributed by atoms with Crippen molar-refractivity contribution >= 4 is 29.4 Å². The van der Waals surface area contributed by atoms with Gasteiger partial charge in [-0.15, -0.1) is 12.4 Å². The van der Waals surface area contributed by atoms with Gasteiger partial charge in [-0.3, -0.25) is 4.79 Å². The summed E-state index contributed by atoms with van der Waals surface area (Å²) in [6.07, 6.45) is 3.24. The summed E-state index contributed by atoms with van der Waals surface area (Å²) in [5.74, 6) is 2.28. The van der Waals surface area contributed by atoms with Gasteiger partial charge in [0.05, 0.1) is 22.3 Å². The van der Waals surface area contributed by atoms with Gasteiger partial charge in [-0.1, -0.05) is 5.16 Å². The van der Waals surface area contributed by atoms with E-state index >= 15 is 0 Å². The molecule has 8 heteroatoms. The molecule has 1 fully saturated rings. The molecule has 0 saturated carbocycles. The fourth-order valence-corrected chi connectivity index (χ4v) is 4.23. The van der Waals surface area contributed by atoms with Crippen LogP contribution in [0.1, 0.15) is 46.8 Å². The second-order valence-corrected chi connectivity index (χ2v) is 7.96. The number of furan rings is 1. The smallest absolute Gasteiger partial charge is 0.259 e. The van der Waals surface area contributed by atoms with Crippen LogP contribution in [-0.2, 0) is 0 Å². The number of fused-ring (bicyclic) bond motifs is 1. The van der Waals surface area contributed by atoms with E-state index in [1.807, 2.05) is 44.9 Å². The average molecular weight is 433 g/mol. The molecule has 1 N–H and O–H groups in total. The van der Waals surface area contributed by atoms with Crippen molar-refractivity contribution < 1.29 is 13.7 Å². The number of carbonyl (C=O) groups excluding carboxylic acids is 1. The van der Waals surface area contributed by atoms with E-state index in [1.165, 1.54) is 0 Å². The van der Waals surface area contributed by atoms with E-state index in [0.29, 0.717) is 34.0 Å². The number of hydrogen-bond donors (Lipinski definition) is 1. The minimum atomic E-state index is 0. The van der Waals surface area contributed by atoms with E-state index < -0.39 is 0 Å². The molecule has 4 heterocycles. The van der Waals surface area contributed by atoms with E-state index in [-0.39, 0.29) is 18.3 Å². The minimum Gasteiger partial charge on any atom is -0.466 e. The molecule has 1 saturated heterocycles. The van der Waals surface area contributed by atoms with Gasteiger partial charge in [0.2, 0.25) is 0 Å². The summed E-state index contributed by atoms with van der Waals surface area (Å²) < 4.78 is 11.1. The predicted molar refractivity (Wildman–Crippen MR) is 118 cm³/mol. The van der Waals surface area contributed by atoms with Crippen molar-refractivity contribution in [2.45, 2.75) is 40.0 Å². The van der Waals surface area contributed by atoms with Crippen LogP contribution in [0.3, 0.4) is 0 Å². The fraction of sp³-hybridized carbons (Fsp3) is 0.500. The van der Waals surface area contributed by atoms with Crippen molar-refractivity contribution in [3.05, 3.63) is 34.9 Å². The molecule has 0 radical (unpaired) electrons. The van der Waals surface area contributed by atoms with Crippen LogP contribution < -0.4 is 5.32 Å². The van der Waals surface area contributed by atoms with Crippen molar-refractivity contribution in [1.29, 1.82) is 0 Å². The number of aromatic nitrogens is 2. The monoisotopic (exact) mass is 432 g/mol.